The van der Waals surface area contributed by atoms with Crippen molar-refractivity contribution in [2.75, 3.05) is 11.9 Å². The van der Waals surface area contributed by atoms with Crippen molar-refractivity contribution in [3.05, 3.63) is 52.4 Å². The third-order valence-corrected chi connectivity index (χ3v) is 4.81. The van der Waals surface area contributed by atoms with Gasteiger partial charge in [0.15, 0.2) is 0 Å². The number of benzene rings is 1. The fraction of sp³-hybridized carbons (Fsp3) is 0.263. The lowest BCUT2D eigenvalue weighted by Gasteiger charge is -2.00. The van der Waals surface area contributed by atoms with Gasteiger partial charge in [0.2, 0.25) is 5.91 Å². The van der Waals surface area contributed by atoms with Crippen molar-refractivity contribution in [3.8, 4) is 11.8 Å². The van der Waals surface area contributed by atoms with Crippen LogP contribution in [0.5, 0.6) is 0 Å². The molecule has 0 radical (unpaired) electrons. The van der Waals surface area contributed by atoms with E-state index in [-0.39, 0.29) is 24.3 Å². The average molecular weight is 338 g/mol. The zero-order valence-electron chi connectivity index (χ0n) is 13.4. The number of hydrogen-bond acceptors (Lipinski definition) is 3. The summed E-state index contributed by atoms with van der Waals surface area (Å²) in [7, 11) is 0. The van der Waals surface area contributed by atoms with Crippen LogP contribution in [-0.2, 0) is 4.79 Å². The number of carbonyl (C=O) groups excluding carboxylic acids is 2. The van der Waals surface area contributed by atoms with Crippen LogP contribution in [0.2, 0.25) is 0 Å². The van der Waals surface area contributed by atoms with Crippen molar-refractivity contribution in [3.63, 3.8) is 0 Å². The predicted molar refractivity (Wildman–Crippen MR) is 96.1 cm³/mol. The van der Waals surface area contributed by atoms with E-state index in [0.29, 0.717) is 4.88 Å². The number of amides is 2. The molecule has 24 heavy (non-hydrogen) atoms. The van der Waals surface area contributed by atoms with Gasteiger partial charge in [-0.1, -0.05) is 30.0 Å². The summed E-state index contributed by atoms with van der Waals surface area (Å²) in [4.78, 5) is 24.6. The van der Waals surface area contributed by atoms with Gasteiger partial charge in [-0.25, -0.2) is 0 Å². The van der Waals surface area contributed by atoms with Crippen LogP contribution >= 0.6 is 11.3 Å². The maximum atomic E-state index is 12.2. The summed E-state index contributed by atoms with van der Waals surface area (Å²) >= 11 is 1.30. The van der Waals surface area contributed by atoms with Crippen molar-refractivity contribution < 1.29 is 9.59 Å². The minimum Gasteiger partial charge on any atom is -0.340 e. The highest BCUT2D eigenvalue weighted by atomic mass is 32.1. The van der Waals surface area contributed by atoms with E-state index in [1.165, 1.54) is 11.3 Å². The second-order valence-corrected chi connectivity index (χ2v) is 6.79. The minimum atomic E-state index is -0.160. The molecule has 1 aliphatic carbocycles. The molecule has 5 heteroatoms. The van der Waals surface area contributed by atoms with E-state index in [1.54, 1.807) is 0 Å². The molecule has 1 aromatic carbocycles. The molecular weight excluding hydrogens is 320 g/mol. The predicted octanol–water partition coefficient (Wildman–Crippen LogP) is 3.19. The van der Waals surface area contributed by atoms with Crippen molar-refractivity contribution in [1.82, 2.24) is 5.32 Å². The third kappa shape index (κ3) is 4.24. The molecule has 1 aromatic heterocycles. The highest BCUT2D eigenvalue weighted by Gasteiger charge is 2.30. The van der Waals surface area contributed by atoms with Crippen molar-refractivity contribution in [2.24, 2.45) is 5.92 Å². The minimum absolute atomic E-state index is 0.0527. The molecule has 1 saturated carbocycles. The molecule has 2 N–H and O–H groups in total. The Bertz CT molecular complexity index is 811. The van der Waals surface area contributed by atoms with Crippen LogP contribution in [-0.4, -0.2) is 18.4 Å². The van der Waals surface area contributed by atoms with Gasteiger partial charge in [-0.3, -0.25) is 9.59 Å². The highest BCUT2D eigenvalue weighted by molar-refractivity contribution is 7.18. The van der Waals surface area contributed by atoms with Gasteiger partial charge >= 0.3 is 0 Å². The Morgan fingerprint density at radius 2 is 2.00 bits per heavy atom. The molecule has 0 aliphatic heterocycles. The van der Waals surface area contributed by atoms with Gasteiger partial charge in [-0.15, -0.1) is 11.3 Å². The summed E-state index contributed by atoms with van der Waals surface area (Å²) in [5.74, 6) is 5.98. The SMILES string of the molecule is Cc1cc(NC(=O)C2CC2)sc1C(=O)NCC#Cc1ccccc1. The summed E-state index contributed by atoms with van der Waals surface area (Å²) in [6.45, 7) is 2.16. The summed E-state index contributed by atoms with van der Waals surface area (Å²) in [5, 5.41) is 6.40. The quantitative estimate of drug-likeness (QED) is 0.841. The van der Waals surface area contributed by atoms with Gasteiger partial charge in [-0.2, -0.15) is 0 Å². The van der Waals surface area contributed by atoms with Crippen LogP contribution in [0.4, 0.5) is 5.00 Å². The fourth-order valence-corrected chi connectivity index (χ4v) is 3.20. The first-order chi connectivity index (χ1) is 11.6. The van der Waals surface area contributed by atoms with Crippen molar-refractivity contribution >= 4 is 28.2 Å². The van der Waals surface area contributed by atoms with Gasteiger partial charge < -0.3 is 10.6 Å². The van der Waals surface area contributed by atoms with Crippen LogP contribution in [0.15, 0.2) is 36.4 Å². The van der Waals surface area contributed by atoms with E-state index in [0.717, 1.165) is 29.0 Å². The molecule has 3 rings (SSSR count). The molecule has 0 saturated heterocycles. The molecule has 0 bridgehead atoms. The maximum absolute atomic E-state index is 12.2. The monoisotopic (exact) mass is 338 g/mol. The van der Waals surface area contributed by atoms with E-state index < -0.39 is 0 Å². The first-order valence-corrected chi connectivity index (χ1v) is 8.68. The van der Waals surface area contributed by atoms with Crippen LogP contribution in [0.1, 0.15) is 33.6 Å². The standard InChI is InChI=1S/C19H18N2O2S/c1-13-12-16(21-18(22)15-9-10-15)24-17(13)19(23)20-11-5-8-14-6-3-2-4-7-14/h2-4,6-7,12,15H,9-11H2,1H3,(H,20,23)(H,21,22). The molecule has 2 amide bonds. The summed E-state index contributed by atoms with van der Waals surface area (Å²) in [6.07, 6.45) is 1.92. The van der Waals surface area contributed by atoms with E-state index in [2.05, 4.69) is 22.5 Å². The lowest BCUT2D eigenvalue weighted by atomic mass is 10.2. The summed E-state index contributed by atoms with van der Waals surface area (Å²) in [6, 6.07) is 11.5. The number of anilines is 1. The number of carbonyl (C=O) groups is 2. The number of nitrogens with one attached hydrogen (secondary N) is 2. The van der Waals surface area contributed by atoms with Crippen LogP contribution in [0.3, 0.4) is 0 Å². The maximum Gasteiger partial charge on any atom is 0.262 e. The Labute approximate surface area is 145 Å². The third-order valence-electron chi connectivity index (χ3n) is 3.66. The summed E-state index contributed by atoms with van der Waals surface area (Å²) < 4.78 is 0. The Morgan fingerprint density at radius 1 is 1.25 bits per heavy atom. The van der Waals surface area contributed by atoms with Gasteiger partial charge in [0.25, 0.3) is 5.91 Å². The number of rotatable bonds is 4. The molecular formula is C19H18N2O2S. The van der Waals surface area contributed by atoms with Crippen LogP contribution in [0, 0.1) is 24.7 Å². The Balaban J connectivity index is 1.56. The first-order valence-electron chi connectivity index (χ1n) is 7.87. The molecule has 1 heterocycles. The largest absolute Gasteiger partial charge is 0.340 e. The lowest BCUT2D eigenvalue weighted by Crippen LogP contribution is -2.23. The number of thiophene rings is 1. The highest BCUT2D eigenvalue weighted by Crippen LogP contribution is 2.32. The Hall–Kier alpha value is -2.58. The molecule has 122 valence electrons. The average Bonchev–Trinajstić information content (AvgIpc) is 3.36. The summed E-state index contributed by atoms with van der Waals surface area (Å²) in [5.41, 5.74) is 1.78. The number of aryl methyl sites for hydroxylation is 1. The second kappa shape index (κ2) is 7.33. The first kappa shape index (κ1) is 16.3. The van der Waals surface area contributed by atoms with Crippen molar-refractivity contribution in [2.45, 2.75) is 19.8 Å². The van der Waals surface area contributed by atoms with Gasteiger partial charge in [0, 0.05) is 11.5 Å². The molecule has 1 fully saturated rings. The Kier molecular flexibility index (Phi) is 4.97. The van der Waals surface area contributed by atoms with Crippen molar-refractivity contribution in [1.29, 1.82) is 0 Å². The zero-order valence-corrected chi connectivity index (χ0v) is 14.2. The van der Waals surface area contributed by atoms with Gasteiger partial charge in [0.05, 0.1) is 16.4 Å². The number of hydrogen-bond donors (Lipinski definition) is 2. The van der Waals surface area contributed by atoms with Crippen LogP contribution < -0.4 is 10.6 Å². The molecule has 2 aromatic rings. The second-order valence-electron chi connectivity index (χ2n) is 5.74. The van der Waals surface area contributed by atoms with Gasteiger partial charge in [0.1, 0.15) is 0 Å². The lowest BCUT2D eigenvalue weighted by molar-refractivity contribution is -0.117. The molecule has 0 atom stereocenters. The normalized spacial score (nSPS) is 12.9. The van der Waals surface area contributed by atoms with E-state index >= 15 is 0 Å². The molecule has 0 unspecified atom stereocenters. The van der Waals surface area contributed by atoms with Gasteiger partial charge in [-0.05, 0) is 43.5 Å². The zero-order chi connectivity index (χ0) is 16.9. The topological polar surface area (TPSA) is 58.2 Å². The van der Waals surface area contributed by atoms with Crippen LogP contribution in [0.25, 0.3) is 0 Å². The fourth-order valence-electron chi connectivity index (χ4n) is 2.21. The smallest absolute Gasteiger partial charge is 0.262 e. The van der Waals surface area contributed by atoms with E-state index in [1.807, 2.05) is 43.3 Å². The van der Waals surface area contributed by atoms with E-state index in [4.69, 9.17) is 0 Å². The Morgan fingerprint density at radius 3 is 2.71 bits per heavy atom. The molecule has 4 nitrogen and oxygen atoms in total. The molecule has 0 spiro atoms. The molecule has 1 aliphatic rings. The van der Waals surface area contributed by atoms with E-state index in [9.17, 15) is 9.59 Å².